The zero-order valence-corrected chi connectivity index (χ0v) is 13.8. The minimum Gasteiger partial charge on any atom is -0.497 e. The first-order chi connectivity index (χ1) is 11.0. The summed E-state index contributed by atoms with van der Waals surface area (Å²) < 4.78 is 5.14. The second-order valence-corrected chi connectivity index (χ2v) is 6.22. The van der Waals surface area contributed by atoms with E-state index in [0.717, 1.165) is 30.7 Å². The normalized spacial score (nSPS) is 19.2. The third kappa shape index (κ3) is 4.71. The summed E-state index contributed by atoms with van der Waals surface area (Å²) in [4.78, 5) is 25.3. The Hall–Kier alpha value is -2.04. The Morgan fingerprint density at radius 1 is 1.35 bits per heavy atom. The average molecular weight is 319 g/mol. The smallest absolute Gasteiger partial charge is 0.303 e. The SMILES string of the molecule is COc1ccc([C@@H](C)C(=O)N2CCC[C@H](CCC(=O)O)C2)cc1. The lowest BCUT2D eigenvalue weighted by Gasteiger charge is -2.34. The van der Waals surface area contributed by atoms with Gasteiger partial charge in [0.05, 0.1) is 13.0 Å². The molecule has 1 N–H and O–H groups in total. The minimum absolute atomic E-state index is 0.121. The molecule has 0 spiro atoms. The van der Waals surface area contributed by atoms with Crippen LogP contribution in [0.15, 0.2) is 24.3 Å². The lowest BCUT2D eigenvalue weighted by atomic mass is 9.91. The van der Waals surface area contributed by atoms with Gasteiger partial charge in [0.15, 0.2) is 0 Å². The molecule has 1 aromatic carbocycles. The molecular formula is C18H25NO4. The van der Waals surface area contributed by atoms with Gasteiger partial charge in [-0.05, 0) is 49.8 Å². The standard InChI is InChI=1S/C18H25NO4/c1-13(15-6-8-16(23-2)9-7-15)18(22)19-11-3-4-14(12-19)5-10-17(20)21/h6-9,13-14H,3-5,10-12H2,1-2H3,(H,20,21)/t13-,14-/m1/s1. The van der Waals surface area contributed by atoms with Crippen molar-refractivity contribution < 1.29 is 19.4 Å². The molecule has 1 aromatic rings. The van der Waals surface area contributed by atoms with Crippen LogP contribution in [0.3, 0.4) is 0 Å². The van der Waals surface area contributed by atoms with Crippen LogP contribution in [-0.4, -0.2) is 42.1 Å². The van der Waals surface area contributed by atoms with Crippen molar-refractivity contribution in [1.29, 1.82) is 0 Å². The summed E-state index contributed by atoms with van der Waals surface area (Å²) in [6.07, 6.45) is 2.79. The van der Waals surface area contributed by atoms with E-state index in [0.29, 0.717) is 18.9 Å². The van der Waals surface area contributed by atoms with Crippen LogP contribution < -0.4 is 4.74 Å². The Kier molecular flexibility index (Phi) is 6.02. The quantitative estimate of drug-likeness (QED) is 0.875. The Bertz CT molecular complexity index is 540. The molecule has 1 aliphatic heterocycles. The number of likely N-dealkylation sites (tertiary alicyclic amines) is 1. The fourth-order valence-corrected chi connectivity index (χ4v) is 3.14. The summed E-state index contributed by atoms with van der Waals surface area (Å²) in [5.41, 5.74) is 0.975. The van der Waals surface area contributed by atoms with Crippen LogP contribution in [0, 0.1) is 5.92 Å². The molecule has 1 amide bonds. The maximum absolute atomic E-state index is 12.7. The van der Waals surface area contributed by atoms with Crippen LogP contribution in [0.5, 0.6) is 5.75 Å². The number of benzene rings is 1. The fraction of sp³-hybridized carbons (Fsp3) is 0.556. The molecular weight excluding hydrogens is 294 g/mol. The maximum Gasteiger partial charge on any atom is 0.303 e. The number of hydrogen-bond donors (Lipinski definition) is 1. The minimum atomic E-state index is -0.764. The highest BCUT2D eigenvalue weighted by molar-refractivity contribution is 5.83. The highest BCUT2D eigenvalue weighted by Gasteiger charge is 2.27. The third-order valence-corrected chi connectivity index (χ3v) is 4.58. The lowest BCUT2D eigenvalue weighted by Crippen LogP contribution is -2.42. The van der Waals surface area contributed by atoms with Crippen molar-refractivity contribution in [2.24, 2.45) is 5.92 Å². The molecule has 0 aliphatic carbocycles. The van der Waals surface area contributed by atoms with Crippen molar-refractivity contribution in [1.82, 2.24) is 4.90 Å². The van der Waals surface area contributed by atoms with E-state index < -0.39 is 5.97 Å². The molecule has 0 bridgehead atoms. The number of rotatable bonds is 6. The largest absolute Gasteiger partial charge is 0.497 e. The van der Waals surface area contributed by atoms with Gasteiger partial charge in [0.2, 0.25) is 5.91 Å². The van der Waals surface area contributed by atoms with Crippen LogP contribution in [-0.2, 0) is 9.59 Å². The second-order valence-electron chi connectivity index (χ2n) is 6.22. The Morgan fingerprint density at radius 2 is 2.04 bits per heavy atom. The molecule has 0 radical (unpaired) electrons. The number of carbonyl (C=O) groups is 2. The molecule has 0 unspecified atom stereocenters. The molecule has 1 fully saturated rings. The number of amides is 1. The Morgan fingerprint density at radius 3 is 2.65 bits per heavy atom. The lowest BCUT2D eigenvalue weighted by molar-refractivity contribution is -0.137. The molecule has 5 nitrogen and oxygen atoms in total. The summed E-state index contributed by atoms with van der Waals surface area (Å²) >= 11 is 0. The molecule has 2 atom stereocenters. The van der Waals surface area contributed by atoms with Gasteiger partial charge < -0.3 is 14.7 Å². The molecule has 23 heavy (non-hydrogen) atoms. The van der Waals surface area contributed by atoms with Crippen LogP contribution >= 0.6 is 0 Å². The Labute approximate surface area is 137 Å². The predicted octanol–water partition coefficient (Wildman–Crippen LogP) is 2.90. The van der Waals surface area contributed by atoms with Crippen LogP contribution in [0.4, 0.5) is 0 Å². The summed E-state index contributed by atoms with van der Waals surface area (Å²) in [6.45, 7) is 3.36. The molecule has 5 heteroatoms. The van der Waals surface area contributed by atoms with Gasteiger partial charge >= 0.3 is 5.97 Å². The van der Waals surface area contributed by atoms with E-state index in [-0.39, 0.29) is 18.2 Å². The topological polar surface area (TPSA) is 66.8 Å². The summed E-state index contributed by atoms with van der Waals surface area (Å²) in [5, 5.41) is 8.81. The van der Waals surface area contributed by atoms with E-state index in [1.165, 1.54) is 0 Å². The number of carboxylic acids is 1. The summed E-state index contributed by atoms with van der Waals surface area (Å²) in [6, 6.07) is 7.58. The van der Waals surface area contributed by atoms with E-state index in [1.54, 1.807) is 7.11 Å². The number of carboxylic acid groups (broad SMARTS) is 1. The molecule has 126 valence electrons. The zero-order valence-electron chi connectivity index (χ0n) is 13.8. The number of aliphatic carboxylic acids is 1. The van der Waals surface area contributed by atoms with Crippen molar-refractivity contribution >= 4 is 11.9 Å². The van der Waals surface area contributed by atoms with E-state index >= 15 is 0 Å². The first-order valence-electron chi connectivity index (χ1n) is 8.15. The number of hydrogen-bond acceptors (Lipinski definition) is 3. The van der Waals surface area contributed by atoms with Crippen molar-refractivity contribution in [3.63, 3.8) is 0 Å². The van der Waals surface area contributed by atoms with Crippen molar-refractivity contribution in [3.05, 3.63) is 29.8 Å². The van der Waals surface area contributed by atoms with Gasteiger partial charge in [-0.15, -0.1) is 0 Å². The van der Waals surface area contributed by atoms with Crippen LogP contribution in [0.2, 0.25) is 0 Å². The molecule has 0 saturated carbocycles. The number of piperidine rings is 1. The van der Waals surface area contributed by atoms with E-state index in [4.69, 9.17) is 9.84 Å². The number of nitrogens with zero attached hydrogens (tertiary/aromatic N) is 1. The van der Waals surface area contributed by atoms with E-state index in [2.05, 4.69) is 0 Å². The number of carbonyl (C=O) groups excluding carboxylic acids is 1. The fourth-order valence-electron chi connectivity index (χ4n) is 3.14. The second kappa shape index (κ2) is 7.99. The van der Waals surface area contributed by atoms with E-state index in [9.17, 15) is 9.59 Å². The summed E-state index contributed by atoms with van der Waals surface area (Å²) in [7, 11) is 1.62. The van der Waals surface area contributed by atoms with Crippen molar-refractivity contribution in [3.8, 4) is 5.75 Å². The number of ether oxygens (including phenoxy) is 1. The maximum atomic E-state index is 12.7. The zero-order chi connectivity index (χ0) is 16.8. The monoisotopic (exact) mass is 319 g/mol. The average Bonchev–Trinajstić information content (AvgIpc) is 2.59. The molecule has 1 aliphatic rings. The van der Waals surface area contributed by atoms with Gasteiger partial charge in [0, 0.05) is 19.5 Å². The van der Waals surface area contributed by atoms with Gasteiger partial charge in [-0.1, -0.05) is 12.1 Å². The third-order valence-electron chi connectivity index (χ3n) is 4.58. The van der Waals surface area contributed by atoms with Gasteiger partial charge in [-0.3, -0.25) is 9.59 Å². The first-order valence-corrected chi connectivity index (χ1v) is 8.15. The van der Waals surface area contributed by atoms with Gasteiger partial charge in [-0.2, -0.15) is 0 Å². The predicted molar refractivity (Wildman–Crippen MR) is 87.6 cm³/mol. The molecule has 1 heterocycles. The summed E-state index contributed by atoms with van der Waals surface area (Å²) in [5.74, 6) is 0.237. The first kappa shape index (κ1) is 17.3. The van der Waals surface area contributed by atoms with Gasteiger partial charge in [0.1, 0.15) is 5.75 Å². The van der Waals surface area contributed by atoms with Crippen LogP contribution in [0.1, 0.15) is 44.1 Å². The highest BCUT2D eigenvalue weighted by Crippen LogP contribution is 2.26. The van der Waals surface area contributed by atoms with Crippen LogP contribution in [0.25, 0.3) is 0 Å². The van der Waals surface area contributed by atoms with Gasteiger partial charge in [0.25, 0.3) is 0 Å². The van der Waals surface area contributed by atoms with Crippen molar-refractivity contribution in [2.45, 2.75) is 38.5 Å². The molecule has 1 saturated heterocycles. The highest BCUT2D eigenvalue weighted by atomic mass is 16.5. The Balaban J connectivity index is 1.96. The molecule has 0 aromatic heterocycles. The van der Waals surface area contributed by atoms with Crippen molar-refractivity contribution in [2.75, 3.05) is 20.2 Å². The number of methoxy groups -OCH3 is 1. The molecule has 2 rings (SSSR count). The van der Waals surface area contributed by atoms with E-state index in [1.807, 2.05) is 36.1 Å². The van der Waals surface area contributed by atoms with Gasteiger partial charge in [-0.25, -0.2) is 0 Å².